The minimum absolute atomic E-state index is 0.164. The van der Waals surface area contributed by atoms with Crippen LogP contribution in [0.25, 0.3) is 0 Å². The van der Waals surface area contributed by atoms with Crippen LogP contribution in [-0.4, -0.2) is 18.4 Å². The van der Waals surface area contributed by atoms with E-state index in [1.165, 1.54) is 0 Å². The first-order valence-corrected chi connectivity index (χ1v) is 7.01. The summed E-state index contributed by atoms with van der Waals surface area (Å²) >= 11 is 12.8. The molecule has 80 valence electrons. The number of hydrogen-bond donors (Lipinski definition) is 2. The summed E-state index contributed by atoms with van der Waals surface area (Å²) in [6.07, 6.45) is 0. The molecule has 0 aliphatic heterocycles. The second-order valence-corrected chi connectivity index (χ2v) is 1.70. The van der Waals surface area contributed by atoms with Crippen molar-refractivity contribution >= 4 is 57.2 Å². The molecule has 0 saturated carbocycles. The van der Waals surface area contributed by atoms with Gasteiger partial charge in [-0.25, -0.2) is 0 Å². The average molecular weight is 280 g/mol. The summed E-state index contributed by atoms with van der Waals surface area (Å²) in [5, 5.41) is 0. The zero-order valence-corrected chi connectivity index (χ0v) is 12.1. The van der Waals surface area contributed by atoms with Crippen molar-refractivity contribution in [2.45, 2.75) is 13.8 Å². The van der Waals surface area contributed by atoms with Gasteiger partial charge < -0.3 is 11.5 Å². The number of aliphatic imine (C=N–C) groups is 1. The molecule has 0 aliphatic rings. The maximum atomic E-state index is 5.00. The first-order valence-electron chi connectivity index (χ1n) is 3.21. The Hall–Kier alpha value is 0.600. The van der Waals surface area contributed by atoms with E-state index in [0.29, 0.717) is 6.54 Å². The second kappa shape index (κ2) is 38.9. The predicted octanol–water partition coefficient (Wildman–Crippen LogP) is 1.71. The Morgan fingerprint density at radius 2 is 1.46 bits per heavy atom. The van der Waals surface area contributed by atoms with Crippen molar-refractivity contribution in [1.82, 2.24) is 0 Å². The molecule has 0 amide bonds. The smallest absolute Gasteiger partial charge is 0.185 e. The molecule has 8 heteroatoms. The maximum absolute atomic E-state index is 5.00. The molecule has 0 fully saturated rings. The summed E-state index contributed by atoms with van der Waals surface area (Å²) in [6.45, 7) is 4.43. The Balaban J connectivity index is -0.0000000493. The molecule has 0 aromatic heterocycles. The highest BCUT2D eigenvalue weighted by atomic mass is 35.5. The Bertz CT molecular complexity index is 102. The van der Waals surface area contributed by atoms with Crippen LogP contribution in [0.3, 0.4) is 0 Å². The Morgan fingerprint density at radius 3 is 1.46 bits per heavy atom. The molecule has 0 spiro atoms. The summed E-state index contributed by atoms with van der Waals surface area (Å²) in [7, 11) is 5.11. The highest BCUT2D eigenvalue weighted by Gasteiger charge is 1.68. The summed E-state index contributed by atoms with van der Waals surface area (Å²) in [5.74, 6) is 0.887. The van der Waals surface area contributed by atoms with Crippen LogP contribution in [0.2, 0.25) is 0 Å². The highest BCUT2D eigenvalue weighted by molar-refractivity contribution is 7.89. The standard InChI is InChI=1S/C3H9N3.C2H5Cl.2HPS/c1-2-6-3(4)5;1-2-3;2*1-2/h2H2,1H3,(H4,4,5,6);2H2,1H3;2*1H. The van der Waals surface area contributed by atoms with Gasteiger partial charge in [0.2, 0.25) is 0 Å². The van der Waals surface area contributed by atoms with Crippen LogP contribution in [-0.2, 0) is 23.6 Å². The molecule has 3 nitrogen and oxygen atoms in total. The molecule has 0 aromatic rings. The monoisotopic (exact) mass is 279 g/mol. The van der Waals surface area contributed by atoms with Crippen molar-refractivity contribution < 1.29 is 0 Å². The van der Waals surface area contributed by atoms with Crippen LogP contribution in [0.15, 0.2) is 4.99 Å². The highest BCUT2D eigenvalue weighted by Crippen LogP contribution is 1.59. The lowest BCUT2D eigenvalue weighted by molar-refractivity contribution is 1.11. The Morgan fingerprint density at radius 1 is 1.23 bits per heavy atom. The molecule has 0 unspecified atom stereocenters. The molecular weight excluding hydrogens is 264 g/mol. The molecule has 4 N–H and O–H groups in total. The van der Waals surface area contributed by atoms with E-state index in [2.05, 4.69) is 44.6 Å². The van der Waals surface area contributed by atoms with E-state index in [1.807, 2.05) is 13.8 Å². The van der Waals surface area contributed by atoms with Crippen LogP contribution >= 0.6 is 27.6 Å². The number of halogens is 1. The van der Waals surface area contributed by atoms with Crippen molar-refractivity contribution in [3.05, 3.63) is 0 Å². The fourth-order valence-corrected chi connectivity index (χ4v) is 0.183. The van der Waals surface area contributed by atoms with Crippen LogP contribution in [0.1, 0.15) is 13.8 Å². The lowest BCUT2D eigenvalue weighted by Gasteiger charge is -1.82. The van der Waals surface area contributed by atoms with E-state index >= 15 is 0 Å². The van der Waals surface area contributed by atoms with Crippen LogP contribution in [0, 0.1) is 0 Å². The van der Waals surface area contributed by atoms with Gasteiger partial charge in [-0.1, -0.05) is 30.5 Å². The van der Waals surface area contributed by atoms with E-state index in [0.717, 1.165) is 5.88 Å². The van der Waals surface area contributed by atoms with Crippen LogP contribution in [0.4, 0.5) is 0 Å². The van der Waals surface area contributed by atoms with Gasteiger partial charge in [0, 0.05) is 12.4 Å². The van der Waals surface area contributed by atoms with E-state index < -0.39 is 0 Å². The van der Waals surface area contributed by atoms with E-state index in [9.17, 15) is 0 Å². The van der Waals surface area contributed by atoms with Crippen molar-refractivity contribution in [3.63, 3.8) is 0 Å². The van der Waals surface area contributed by atoms with E-state index in [4.69, 9.17) is 23.1 Å². The number of rotatable bonds is 1. The number of nitrogens with two attached hydrogens (primary N) is 2. The third kappa shape index (κ3) is 109. The largest absolute Gasteiger partial charge is 0.370 e. The number of guanidine groups is 1. The molecule has 0 radical (unpaired) electrons. The molecule has 13 heavy (non-hydrogen) atoms. The lowest BCUT2D eigenvalue weighted by atomic mass is 10.8. The van der Waals surface area contributed by atoms with Crippen LogP contribution < -0.4 is 11.5 Å². The van der Waals surface area contributed by atoms with Gasteiger partial charge in [0.05, 0.1) is 0 Å². The third-order valence-corrected chi connectivity index (χ3v) is 0.341. The molecular formula is C5H16ClN3P2S2. The van der Waals surface area contributed by atoms with Gasteiger partial charge in [-0.15, -0.1) is 11.6 Å². The van der Waals surface area contributed by atoms with Gasteiger partial charge in [0.1, 0.15) is 0 Å². The van der Waals surface area contributed by atoms with Gasteiger partial charge in [0.15, 0.2) is 5.96 Å². The number of nitrogens with zero attached hydrogens (tertiary/aromatic N) is 1. The molecule has 0 atom stereocenters. The summed E-state index contributed by atoms with van der Waals surface area (Å²) in [6, 6.07) is 0. The molecule has 0 aromatic carbocycles. The lowest BCUT2D eigenvalue weighted by Crippen LogP contribution is -2.22. The summed E-state index contributed by atoms with van der Waals surface area (Å²) in [5.41, 5.74) is 9.86. The molecule has 0 heterocycles. The van der Waals surface area contributed by atoms with Crippen molar-refractivity contribution in [2.24, 2.45) is 16.5 Å². The van der Waals surface area contributed by atoms with E-state index in [1.54, 1.807) is 0 Å². The number of hydrogen-bond acceptors (Lipinski definition) is 3. The fraction of sp³-hybridized carbons (Fsp3) is 0.800. The summed E-state index contributed by atoms with van der Waals surface area (Å²) < 4.78 is 0. The SMILES string of the molecule is CCCl.CCN=C(N)N.P=S.P=S. The molecule has 0 rings (SSSR count). The first-order chi connectivity index (χ1) is 6.18. The maximum Gasteiger partial charge on any atom is 0.185 e. The van der Waals surface area contributed by atoms with Gasteiger partial charge in [-0.3, -0.25) is 4.99 Å². The second-order valence-electron chi connectivity index (χ2n) is 1.17. The number of alkyl halides is 1. The Kier molecular flexibility index (Phi) is 70.1. The van der Waals surface area contributed by atoms with E-state index in [-0.39, 0.29) is 5.96 Å². The van der Waals surface area contributed by atoms with Crippen molar-refractivity contribution in [2.75, 3.05) is 12.4 Å². The van der Waals surface area contributed by atoms with Gasteiger partial charge >= 0.3 is 0 Å². The fourth-order valence-electron chi connectivity index (χ4n) is 0.183. The molecule has 0 aliphatic carbocycles. The zero-order chi connectivity index (χ0) is 11.7. The predicted molar refractivity (Wildman–Crippen MR) is 74.1 cm³/mol. The van der Waals surface area contributed by atoms with Crippen molar-refractivity contribution in [1.29, 1.82) is 0 Å². The van der Waals surface area contributed by atoms with Gasteiger partial charge in [0.25, 0.3) is 0 Å². The molecule has 0 bridgehead atoms. The molecule has 0 saturated heterocycles. The third-order valence-electron chi connectivity index (χ3n) is 0.341. The zero-order valence-electron chi connectivity index (χ0n) is 7.71. The van der Waals surface area contributed by atoms with Gasteiger partial charge in [-0.2, -0.15) is 0 Å². The van der Waals surface area contributed by atoms with Crippen molar-refractivity contribution in [3.8, 4) is 0 Å². The Labute approximate surface area is 99.8 Å². The average Bonchev–Trinajstić information content (AvgIpc) is 2.12. The first kappa shape index (κ1) is 23.4. The minimum atomic E-state index is 0.164. The topological polar surface area (TPSA) is 64.4 Å². The van der Waals surface area contributed by atoms with Gasteiger partial charge in [-0.05, 0) is 23.0 Å². The summed E-state index contributed by atoms with van der Waals surface area (Å²) in [4.78, 5) is 3.60. The minimum Gasteiger partial charge on any atom is -0.370 e. The van der Waals surface area contributed by atoms with Crippen LogP contribution in [0.5, 0.6) is 0 Å². The normalized spacial score (nSPS) is 5.46. The quantitative estimate of drug-likeness (QED) is 0.332.